The van der Waals surface area contributed by atoms with Crippen molar-refractivity contribution in [1.82, 2.24) is 4.90 Å². The number of benzene rings is 1. The average Bonchev–Trinajstić information content (AvgIpc) is 2.37. The first kappa shape index (κ1) is 15.0. The van der Waals surface area contributed by atoms with Crippen molar-refractivity contribution in [2.75, 3.05) is 13.1 Å². The molecule has 0 aromatic heterocycles. The van der Waals surface area contributed by atoms with Gasteiger partial charge >= 0.3 is 0 Å². The molecule has 18 heavy (non-hydrogen) atoms. The number of hydrogen-bond acceptors (Lipinski definition) is 3. The zero-order valence-electron chi connectivity index (χ0n) is 11.8. The molecule has 1 aromatic rings. The molecule has 3 N–H and O–H groups in total. The minimum Gasteiger partial charge on any atom is -0.508 e. The molecule has 1 saturated heterocycles. The molecule has 0 saturated carbocycles. The summed E-state index contributed by atoms with van der Waals surface area (Å²) in [4.78, 5) is 2.42. The number of aromatic hydroxyl groups is 1. The van der Waals surface area contributed by atoms with E-state index in [1.165, 1.54) is 5.56 Å². The van der Waals surface area contributed by atoms with E-state index >= 15 is 0 Å². The summed E-state index contributed by atoms with van der Waals surface area (Å²) in [5, 5.41) is 9.20. The number of hydrogen-bond donors (Lipinski definition) is 2. The van der Waals surface area contributed by atoms with Crippen molar-refractivity contribution >= 4 is 0 Å². The Labute approximate surface area is 111 Å². The van der Waals surface area contributed by atoms with Crippen LogP contribution in [0.25, 0.3) is 0 Å². The summed E-state index contributed by atoms with van der Waals surface area (Å²) in [5.74, 6) is 0.330. The van der Waals surface area contributed by atoms with Gasteiger partial charge in [-0.2, -0.15) is 0 Å². The van der Waals surface area contributed by atoms with Gasteiger partial charge in [0.15, 0.2) is 0 Å². The van der Waals surface area contributed by atoms with Crippen molar-refractivity contribution in [2.45, 2.75) is 45.7 Å². The standard InChI is InChI=1S/C13H20N2O.C2H6/c1-13(14)6-8-15(9-7-13)10-11-2-4-12(16)5-3-11;1-2/h2-5,16H,6-10,14H2,1H3;1-2H3. The minimum absolute atomic E-state index is 0.0193. The van der Waals surface area contributed by atoms with Crippen molar-refractivity contribution < 1.29 is 5.11 Å². The van der Waals surface area contributed by atoms with Crippen LogP contribution in [0.1, 0.15) is 39.2 Å². The third-order valence-corrected chi connectivity index (χ3v) is 3.34. The predicted octanol–water partition coefficient (Wildman–Crippen LogP) is 2.73. The Morgan fingerprint density at radius 1 is 1.17 bits per heavy atom. The van der Waals surface area contributed by atoms with Gasteiger partial charge in [-0.3, -0.25) is 4.90 Å². The SMILES string of the molecule is CC.CC1(N)CCN(Cc2ccc(O)cc2)CC1. The Morgan fingerprint density at radius 2 is 1.67 bits per heavy atom. The van der Waals surface area contributed by atoms with Crippen LogP contribution < -0.4 is 5.73 Å². The van der Waals surface area contributed by atoms with Crippen LogP contribution in [0.3, 0.4) is 0 Å². The van der Waals surface area contributed by atoms with Crippen LogP contribution in [0.4, 0.5) is 0 Å². The highest BCUT2D eigenvalue weighted by Gasteiger charge is 2.25. The highest BCUT2D eigenvalue weighted by atomic mass is 16.3. The van der Waals surface area contributed by atoms with E-state index in [-0.39, 0.29) is 5.54 Å². The van der Waals surface area contributed by atoms with Crippen molar-refractivity contribution in [3.05, 3.63) is 29.8 Å². The molecule has 0 unspecified atom stereocenters. The lowest BCUT2D eigenvalue weighted by atomic mass is 9.91. The van der Waals surface area contributed by atoms with E-state index in [2.05, 4.69) is 11.8 Å². The lowest BCUT2D eigenvalue weighted by molar-refractivity contribution is 0.165. The fourth-order valence-corrected chi connectivity index (χ4v) is 2.08. The maximum absolute atomic E-state index is 9.20. The van der Waals surface area contributed by atoms with Crippen molar-refractivity contribution in [1.29, 1.82) is 0 Å². The van der Waals surface area contributed by atoms with Gasteiger partial charge in [0.05, 0.1) is 0 Å². The van der Waals surface area contributed by atoms with Gasteiger partial charge in [-0.05, 0) is 37.5 Å². The fourth-order valence-electron chi connectivity index (χ4n) is 2.08. The molecule has 0 bridgehead atoms. The smallest absolute Gasteiger partial charge is 0.115 e. The van der Waals surface area contributed by atoms with Crippen LogP contribution in [-0.4, -0.2) is 28.6 Å². The Bertz CT molecular complexity index is 336. The summed E-state index contributed by atoms with van der Waals surface area (Å²) < 4.78 is 0. The van der Waals surface area contributed by atoms with E-state index in [1.807, 2.05) is 26.0 Å². The van der Waals surface area contributed by atoms with Crippen LogP contribution in [0.5, 0.6) is 5.75 Å². The van der Waals surface area contributed by atoms with Crippen LogP contribution in [-0.2, 0) is 6.54 Å². The second kappa shape index (κ2) is 6.76. The molecule has 0 spiro atoms. The molecule has 3 nitrogen and oxygen atoms in total. The summed E-state index contributed by atoms with van der Waals surface area (Å²) in [6.07, 6.45) is 2.12. The van der Waals surface area contributed by atoms with Gasteiger partial charge in [0.2, 0.25) is 0 Å². The lowest BCUT2D eigenvalue weighted by Gasteiger charge is -2.36. The number of phenolic OH excluding ortho intramolecular Hbond substituents is 1. The van der Waals surface area contributed by atoms with Crippen LogP contribution in [0.2, 0.25) is 0 Å². The number of nitrogens with two attached hydrogens (primary N) is 1. The Hall–Kier alpha value is -1.06. The molecule has 0 aliphatic carbocycles. The second-order valence-electron chi connectivity index (χ2n) is 5.10. The van der Waals surface area contributed by atoms with E-state index < -0.39 is 0 Å². The van der Waals surface area contributed by atoms with E-state index in [1.54, 1.807) is 12.1 Å². The summed E-state index contributed by atoms with van der Waals surface area (Å²) in [6.45, 7) is 9.21. The van der Waals surface area contributed by atoms with Gasteiger partial charge in [0, 0.05) is 25.2 Å². The van der Waals surface area contributed by atoms with E-state index in [0.717, 1.165) is 32.5 Å². The molecule has 1 fully saturated rings. The second-order valence-corrected chi connectivity index (χ2v) is 5.10. The van der Waals surface area contributed by atoms with Gasteiger partial charge in [0.25, 0.3) is 0 Å². The Morgan fingerprint density at radius 3 is 2.17 bits per heavy atom. The molecule has 1 aliphatic rings. The van der Waals surface area contributed by atoms with Crippen molar-refractivity contribution in [2.24, 2.45) is 5.73 Å². The summed E-state index contributed by atoms with van der Waals surface area (Å²) in [7, 11) is 0. The third kappa shape index (κ3) is 4.67. The molecule has 0 radical (unpaired) electrons. The van der Waals surface area contributed by atoms with Gasteiger partial charge < -0.3 is 10.8 Å². The number of nitrogens with zero attached hydrogens (tertiary/aromatic N) is 1. The quantitative estimate of drug-likeness (QED) is 0.848. The molecule has 2 rings (SSSR count). The highest BCUT2D eigenvalue weighted by molar-refractivity contribution is 5.25. The zero-order chi connectivity index (χ0) is 13.6. The fraction of sp³-hybridized carbons (Fsp3) is 0.600. The molecule has 1 aromatic carbocycles. The summed E-state index contributed by atoms with van der Waals surface area (Å²) in [6, 6.07) is 7.44. The number of likely N-dealkylation sites (tertiary alicyclic amines) is 1. The Kier molecular flexibility index (Phi) is 5.63. The normalized spacial score (nSPS) is 18.9. The van der Waals surface area contributed by atoms with Crippen LogP contribution in [0, 0.1) is 0 Å². The average molecular weight is 250 g/mol. The number of piperidine rings is 1. The minimum atomic E-state index is 0.0193. The van der Waals surface area contributed by atoms with Gasteiger partial charge in [-0.1, -0.05) is 26.0 Å². The molecular formula is C15H26N2O. The maximum atomic E-state index is 9.20. The van der Waals surface area contributed by atoms with Crippen molar-refractivity contribution in [3.63, 3.8) is 0 Å². The predicted molar refractivity (Wildman–Crippen MR) is 76.6 cm³/mol. The van der Waals surface area contributed by atoms with Gasteiger partial charge in [-0.15, -0.1) is 0 Å². The molecule has 1 heterocycles. The first-order valence-corrected chi connectivity index (χ1v) is 6.84. The van der Waals surface area contributed by atoms with Crippen molar-refractivity contribution in [3.8, 4) is 5.75 Å². The molecule has 3 heteroatoms. The van der Waals surface area contributed by atoms with Gasteiger partial charge in [0.1, 0.15) is 5.75 Å². The molecule has 0 amide bonds. The first-order valence-electron chi connectivity index (χ1n) is 6.84. The van der Waals surface area contributed by atoms with Crippen LogP contribution in [0.15, 0.2) is 24.3 Å². The third-order valence-electron chi connectivity index (χ3n) is 3.34. The zero-order valence-corrected chi connectivity index (χ0v) is 11.8. The largest absolute Gasteiger partial charge is 0.508 e. The summed E-state index contributed by atoms with van der Waals surface area (Å²) in [5.41, 5.74) is 7.36. The Balaban J connectivity index is 0.000000771. The van der Waals surface area contributed by atoms with Gasteiger partial charge in [-0.25, -0.2) is 0 Å². The molecular weight excluding hydrogens is 224 g/mol. The number of phenols is 1. The maximum Gasteiger partial charge on any atom is 0.115 e. The first-order chi connectivity index (χ1) is 8.55. The molecule has 0 atom stereocenters. The monoisotopic (exact) mass is 250 g/mol. The lowest BCUT2D eigenvalue weighted by Crippen LogP contribution is -2.47. The topological polar surface area (TPSA) is 49.5 Å². The van der Waals surface area contributed by atoms with E-state index in [0.29, 0.717) is 5.75 Å². The van der Waals surface area contributed by atoms with Crippen LogP contribution >= 0.6 is 0 Å². The van der Waals surface area contributed by atoms with E-state index in [9.17, 15) is 5.11 Å². The number of rotatable bonds is 2. The summed E-state index contributed by atoms with van der Waals surface area (Å²) >= 11 is 0. The van der Waals surface area contributed by atoms with E-state index in [4.69, 9.17) is 5.73 Å². The molecule has 102 valence electrons. The highest BCUT2D eigenvalue weighted by Crippen LogP contribution is 2.20. The molecule has 1 aliphatic heterocycles.